The van der Waals surface area contributed by atoms with Crippen LogP contribution in [0.2, 0.25) is 5.02 Å². The van der Waals surface area contributed by atoms with Crippen molar-refractivity contribution in [2.24, 2.45) is 0 Å². The summed E-state index contributed by atoms with van der Waals surface area (Å²) in [6.45, 7) is 8.16. The molecule has 3 rings (SSSR count). The number of amides is 1. The fourth-order valence-electron chi connectivity index (χ4n) is 3.32. The minimum Gasteiger partial charge on any atom is -0.503 e. The Kier molecular flexibility index (Phi) is 6.24. The van der Waals surface area contributed by atoms with Crippen LogP contribution in [0.25, 0.3) is 0 Å². The summed E-state index contributed by atoms with van der Waals surface area (Å²) in [5.41, 5.74) is 2.99. The lowest BCUT2D eigenvalue weighted by Crippen LogP contribution is -2.48. The average molecular weight is 389 g/mol. The highest BCUT2D eigenvalue weighted by Crippen LogP contribution is 2.35. The van der Waals surface area contributed by atoms with E-state index in [1.165, 1.54) is 17.2 Å². The molecule has 0 bridgehead atoms. The van der Waals surface area contributed by atoms with E-state index in [1.807, 2.05) is 11.8 Å². The maximum absolute atomic E-state index is 12.8. The van der Waals surface area contributed by atoms with Crippen molar-refractivity contribution in [3.8, 4) is 11.5 Å². The topological polar surface area (TPSA) is 53.0 Å². The quantitative estimate of drug-likeness (QED) is 0.848. The SMILES string of the molecule is CCOc1cc(C(=O)N2CCN(Cc3cccc(C)c3)CC2)cc(Cl)c1O. The van der Waals surface area contributed by atoms with E-state index in [9.17, 15) is 9.90 Å². The third-order valence-electron chi connectivity index (χ3n) is 4.72. The Morgan fingerprint density at radius 1 is 1.19 bits per heavy atom. The number of piperazine rings is 1. The van der Waals surface area contributed by atoms with E-state index in [0.29, 0.717) is 25.3 Å². The summed E-state index contributed by atoms with van der Waals surface area (Å²) >= 11 is 6.05. The number of ether oxygens (including phenoxy) is 1. The van der Waals surface area contributed by atoms with E-state index >= 15 is 0 Å². The number of nitrogens with zero attached hydrogens (tertiary/aromatic N) is 2. The van der Waals surface area contributed by atoms with Crippen molar-refractivity contribution < 1.29 is 14.6 Å². The Hall–Kier alpha value is -2.24. The smallest absolute Gasteiger partial charge is 0.254 e. The lowest BCUT2D eigenvalue weighted by molar-refractivity contribution is 0.0628. The molecule has 0 unspecified atom stereocenters. The van der Waals surface area contributed by atoms with E-state index < -0.39 is 0 Å². The molecule has 6 heteroatoms. The van der Waals surface area contributed by atoms with Gasteiger partial charge in [-0.3, -0.25) is 9.69 Å². The van der Waals surface area contributed by atoms with Crippen molar-refractivity contribution >= 4 is 17.5 Å². The summed E-state index contributed by atoms with van der Waals surface area (Å²) in [6, 6.07) is 11.6. The zero-order valence-electron chi connectivity index (χ0n) is 15.7. The van der Waals surface area contributed by atoms with Crippen molar-refractivity contribution in [3.05, 3.63) is 58.1 Å². The van der Waals surface area contributed by atoms with Crippen LogP contribution in [0.5, 0.6) is 11.5 Å². The zero-order valence-corrected chi connectivity index (χ0v) is 16.5. The number of halogens is 1. The molecule has 1 fully saturated rings. The average Bonchev–Trinajstić information content (AvgIpc) is 2.65. The van der Waals surface area contributed by atoms with Gasteiger partial charge in [0, 0.05) is 38.3 Å². The fraction of sp³-hybridized carbons (Fsp3) is 0.381. The molecule has 1 amide bonds. The lowest BCUT2D eigenvalue weighted by atomic mass is 10.1. The van der Waals surface area contributed by atoms with E-state index in [-0.39, 0.29) is 22.4 Å². The summed E-state index contributed by atoms with van der Waals surface area (Å²) < 4.78 is 5.38. The number of benzene rings is 2. The highest BCUT2D eigenvalue weighted by Gasteiger charge is 2.24. The van der Waals surface area contributed by atoms with Gasteiger partial charge in [-0.15, -0.1) is 0 Å². The minimum absolute atomic E-state index is 0.0898. The van der Waals surface area contributed by atoms with Crippen LogP contribution >= 0.6 is 11.6 Å². The number of hydrogen-bond donors (Lipinski definition) is 1. The van der Waals surface area contributed by atoms with Gasteiger partial charge in [0.1, 0.15) is 0 Å². The van der Waals surface area contributed by atoms with Gasteiger partial charge in [-0.2, -0.15) is 0 Å². The second-order valence-electron chi connectivity index (χ2n) is 6.80. The fourth-order valence-corrected chi connectivity index (χ4v) is 3.53. The van der Waals surface area contributed by atoms with Crippen molar-refractivity contribution in [3.63, 3.8) is 0 Å². The monoisotopic (exact) mass is 388 g/mol. The molecule has 27 heavy (non-hydrogen) atoms. The van der Waals surface area contributed by atoms with E-state index in [2.05, 4.69) is 36.1 Å². The number of phenolic OH excluding ortho intramolecular Hbond substituents is 1. The molecule has 2 aromatic rings. The van der Waals surface area contributed by atoms with Crippen LogP contribution in [0, 0.1) is 6.92 Å². The normalized spacial score (nSPS) is 15.0. The van der Waals surface area contributed by atoms with E-state index in [1.54, 1.807) is 6.07 Å². The molecule has 0 aliphatic carbocycles. The van der Waals surface area contributed by atoms with Crippen LogP contribution in [0.15, 0.2) is 36.4 Å². The number of hydrogen-bond acceptors (Lipinski definition) is 4. The molecule has 2 aromatic carbocycles. The summed E-state index contributed by atoms with van der Waals surface area (Å²) in [4.78, 5) is 17.0. The first-order valence-electron chi connectivity index (χ1n) is 9.20. The summed E-state index contributed by atoms with van der Waals surface area (Å²) in [7, 11) is 0. The molecule has 144 valence electrons. The Morgan fingerprint density at radius 3 is 2.59 bits per heavy atom. The molecule has 1 heterocycles. The predicted octanol–water partition coefficient (Wildman–Crippen LogP) is 3.71. The number of phenols is 1. The van der Waals surface area contributed by atoms with Crippen LogP contribution in [-0.4, -0.2) is 53.6 Å². The third-order valence-corrected chi connectivity index (χ3v) is 5.01. The maximum atomic E-state index is 12.8. The minimum atomic E-state index is -0.127. The van der Waals surface area contributed by atoms with Crippen LogP contribution in [0.1, 0.15) is 28.4 Å². The zero-order chi connectivity index (χ0) is 19.4. The first kappa shape index (κ1) is 19.5. The number of aryl methyl sites for hydroxylation is 1. The second kappa shape index (κ2) is 8.63. The Balaban J connectivity index is 1.63. The van der Waals surface area contributed by atoms with Crippen LogP contribution in [0.4, 0.5) is 0 Å². The Morgan fingerprint density at radius 2 is 1.93 bits per heavy atom. The molecule has 5 nitrogen and oxygen atoms in total. The van der Waals surface area contributed by atoms with Gasteiger partial charge in [0.25, 0.3) is 5.91 Å². The molecule has 0 spiro atoms. The summed E-state index contributed by atoms with van der Waals surface area (Å²) in [5.74, 6) is 0.0255. The van der Waals surface area contributed by atoms with Crippen molar-refractivity contribution in [2.45, 2.75) is 20.4 Å². The van der Waals surface area contributed by atoms with Crippen LogP contribution < -0.4 is 4.74 Å². The molecule has 0 radical (unpaired) electrons. The third kappa shape index (κ3) is 4.73. The lowest BCUT2D eigenvalue weighted by Gasteiger charge is -2.35. The predicted molar refractivity (Wildman–Crippen MR) is 107 cm³/mol. The largest absolute Gasteiger partial charge is 0.503 e. The molecule has 1 aliphatic rings. The summed E-state index contributed by atoms with van der Waals surface area (Å²) in [5, 5.41) is 10.1. The first-order valence-corrected chi connectivity index (χ1v) is 9.58. The van der Waals surface area contributed by atoms with Crippen LogP contribution in [0.3, 0.4) is 0 Å². The number of carbonyl (C=O) groups is 1. The first-order chi connectivity index (χ1) is 13.0. The molecule has 1 N–H and O–H groups in total. The molecule has 0 atom stereocenters. The Bertz CT molecular complexity index is 817. The van der Waals surface area contributed by atoms with Gasteiger partial charge in [-0.25, -0.2) is 0 Å². The van der Waals surface area contributed by atoms with Gasteiger partial charge in [-0.05, 0) is 31.5 Å². The number of aromatic hydroxyl groups is 1. The van der Waals surface area contributed by atoms with Gasteiger partial charge >= 0.3 is 0 Å². The van der Waals surface area contributed by atoms with Crippen molar-refractivity contribution in [1.82, 2.24) is 9.80 Å². The molecule has 1 saturated heterocycles. The van der Waals surface area contributed by atoms with Crippen LogP contribution in [-0.2, 0) is 6.54 Å². The summed E-state index contributed by atoms with van der Waals surface area (Å²) in [6.07, 6.45) is 0. The number of carbonyl (C=O) groups excluding carboxylic acids is 1. The Labute approximate surface area is 165 Å². The van der Waals surface area contributed by atoms with Gasteiger partial charge < -0.3 is 14.7 Å². The van der Waals surface area contributed by atoms with Crippen molar-refractivity contribution in [2.75, 3.05) is 32.8 Å². The highest BCUT2D eigenvalue weighted by atomic mass is 35.5. The molecule has 0 aromatic heterocycles. The maximum Gasteiger partial charge on any atom is 0.254 e. The molecule has 0 saturated carbocycles. The van der Waals surface area contributed by atoms with E-state index in [4.69, 9.17) is 16.3 Å². The second-order valence-corrected chi connectivity index (χ2v) is 7.20. The standard InChI is InChI=1S/C21H25ClN2O3/c1-3-27-19-13-17(12-18(22)20(19)25)21(26)24-9-7-23(8-10-24)14-16-6-4-5-15(2)11-16/h4-6,11-13,25H,3,7-10,14H2,1-2H3. The molecular formula is C21H25ClN2O3. The van der Waals surface area contributed by atoms with Gasteiger partial charge in [-0.1, -0.05) is 41.4 Å². The van der Waals surface area contributed by atoms with Crippen molar-refractivity contribution in [1.29, 1.82) is 0 Å². The highest BCUT2D eigenvalue weighted by molar-refractivity contribution is 6.32. The molecule has 1 aliphatic heterocycles. The van der Waals surface area contributed by atoms with Gasteiger partial charge in [0.15, 0.2) is 11.5 Å². The molecular weight excluding hydrogens is 364 g/mol. The van der Waals surface area contributed by atoms with Gasteiger partial charge in [0.05, 0.1) is 11.6 Å². The van der Waals surface area contributed by atoms with E-state index in [0.717, 1.165) is 19.6 Å². The van der Waals surface area contributed by atoms with Gasteiger partial charge in [0.2, 0.25) is 0 Å². The number of rotatable bonds is 5.